The summed E-state index contributed by atoms with van der Waals surface area (Å²) in [5.41, 5.74) is -0.399. The number of nitrogens with zero attached hydrogens (tertiary/aromatic N) is 1. The number of esters is 1. The minimum atomic E-state index is -0.995. The highest BCUT2D eigenvalue weighted by Crippen LogP contribution is 1.96. The van der Waals surface area contributed by atoms with E-state index in [4.69, 9.17) is 0 Å². The number of nitrogens with one attached hydrogen (secondary N) is 2. The van der Waals surface area contributed by atoms with E-state index in [1.54, 1.807) is 6.92 Å². The summed E-state index contributed by atoms with van der Waals surface area (Å²) < 4.78 is 4.45. The minimum Gasteiger partial charge on any atom is -0.459 e. The van der Waals surface area contributed by atoms with Crippen molar-refractivity contribution in [2.45, 2.75) is 6.92 Å². The molecule has 0 atom stereocenters. The lowest BCUT2D eigenvalue weighted by Gasteiger charge is -2.02. The third-order valence-corrected chi connectivity index (χ3v) is 1.38. The Bertz CT molecular complexity index is 406. The Morgan fingerprint density at radius 1 is 1.53 bits per heavy atom. The average molecular weight is 211 g/mol. The number of carbonyl (C=O) groups is 2. The van der Waals surface area contributed by atoms with Crippen molar-refractivity contribution in [3.63, 3.8) is 0 Å². The number of anilines is 1. The van der Waals surface area contributed by atoms with Crippen molar-refractivity contribution in [1.29, 1.82) is 0 Å². The average Bonchev–Trinajstić information content (AvgIpc) is 2.22. The Labute approximate surface area is 84.4 Å². The highest BCUT2D eigenvalue weighted by atomic mass is 16.5. The molecule has 7 nitrogen and oxygen atoms in total. The molecule has 1 aromatic heterocycles. The van der Waals surface area contributed by atoms with Gasteiger partial charge in [0.2, 0.25) is 0 Å². The maximum Gasteiger partial charge on any atom is 0.397 e. The van der Waals surface area contributed by atoms with Crippen LogP contribution in [0.5, 0.6) is 0 Å². The summed E-state index contributed by atoms with van der Waals surface area (Å²) in [7, 11) is 0. The molecule has 1 rings (SSSR count). The van der Waals surface area contributed by atoms with Gasteiger partial charge in [-0.2, -0.15) is 5.10 Å². The van der Waals surface area contributed by atoms with E-state index in [-0.39, 0.29) is 12.4 Å². The van der Waals surface area contributed by atoms with Gasteiger partial charge in [0.1, 0.15) is 0 Å². The van der Waals surface area contributed by atoms with E-state index in [0.717, 1.165) is 0 Å². The molecule has 0 unspecified atom stereocenters. The highest BCUT2D eigenvalue weighted by molar-refractivity contribution is 6.37. The summed E-state index contributed by atoms with van der Waals surface area (Å²) >= 11 is 0. The molecule has 0 fully saturated rings. The lowest BCUT2D eigenvalue weighted by Crippen LogP contribution is -2.26. The van der Waals surface area contributed by atoms with Crippen molar-refractivity contribution < 1.29 is 14.3 Å². The Hall–Kier alpha value is -2.18. The zero-order valence-electron chi connectivity index (χ0n) is 7.94. The minimum absolute atomic E-state index is 0.0765. The number of ether oxygens (including phenoxy) is 1. The van der Waals surface area contributed by atoms with Gasteiger partial charge in [-0.1, -0.05) is 0 Å². The summed E-state index contributed by atoms with van der Waals surface area (Å²) in [6.45, 7) is 1.70. The maximum atomic E-state index is 11.1. The number of H-pyrrole nitrogens is 1. The molecule has 0 aliphatic heterocycles. The quantitative estimate of drug-likeness (QED) is 0.496. The van der Waals surface area contributed by atoms with Gasteiger partial charge >= 0.3 is 11.9 Å². The van der Waals surface area contributed by atoms with Crippen molar-refractivity contribution in [2.75, 3.05) is 11.9 Å². The standard InChI is InChI=1S/C8H9N3O4/c1-2-15-8(14)7(13)9-5-3-4-6(12)11-10-5/h3-4H,2H2,1H3,(H,11,12)(H,9,10,13). The molecule has 0 bridgehead atoms. The Balaban J connectivity index is 2.62. The van der Waals surface area contributed by atoms with Gasteiger partial charge in [0, 0.05) is 6.07 Å². The van der Waals surface area contributed by atoms with Gasteiger partial charge in [0.05, 0.1) is 6.61 Å². The van der Waals surface area contributed by atoms with Crippen molar-refractivity contribution in [3.05, 3.63) is 22.5 Å². The van der Waals surface area contributed by atoms with Gasteiger partial charge in [0.15, 0.2) is 5.82 Å². The van der Waals surface area contributed by atoms with Gasteiger partial charge in [-0.05, 0) is 13.0 Å². The van der Waals surface area contributed by atoms with Crippen LogP contribution in [0, 0.1) is 0 Å². The summed E-state index contributed by atoms with van der Waals surface area (Å²) in [5.74, 6) is -1.85. The zero-order valence-corrected chi connectivity index (χ0v) is 7.94. The molecule has 1 heterocycles. The number of hydrogen-bond donors (Lipinski definition) is 2. The fourth-order valence-corrected chi connectivity index (χ4v) is 0.778. The number of hydrogen-bond acceptors (Lipinski definition) is 5. The molecule has 0 aromatic carbocycles. The van der Waals surface area contributed by atoms with Gasteiger partial charge in [-0.25, -0.2) is 9.89 Å². The van der Waals surface area contributed by atoms with Gasteiger partial charge < -0.3 is 4.74 Å². The Morgan fingerprint density at radius 2 is 2.27 bits per heavy atom. The molecule has 0 saturated carbocycles. The van der Waals surface area contributed by atoms with Crippen LogP contribution in [-0.4, -0.2) is 28.7 Å². The molecular formula is C8H9N3O4. The van der Waals surface area contributed by atoms with Gasteiger partial charge in [-0.15, -0.1) is 0 Å². The molecule has 0 saturated heterocycles. The fraction of sp³-hybridized carbons (Fsp3) is 0.250. The van der Waals surface area contributed by atoms with Crippen LogP contribution < -0.4 is 10.9 Å². The number of rotatable bonds is 2. The van der Waals surface area contributed by atoms with Crippen molar-refractivity contribution in [1.82, 2.24) is 10.2 Å². The molecule has 1 amide bonds. The molecule has 0 radical (unpaired) electrons. The van der Waals surface area contributed by atoms with Crippen LogP contribution in [-0.2, 0) is 14.3 Å². The van der Waals surface area contributed by atoms with Crippen LogP contribution in [0.3, 0.4) is 0 Å². The molecule has 1 aromatic rings. The first kappa shape index (κ1) is 10.9. The predicted molar refractivity (Wildman–Crippen MR) is 50.1 cm³/mol. The third kappa shape index (κ3) is 3.22. The molecule has 0 spiro atoms. The molecule has 15 heavy (non-hydrogen) atoms. The normalized spacial score (nSPS) is 9.40. The molecule has 2 N–H and O–H groups in total. The van der Waals surface area contributed by atoms with E-state index >= 15 is 0 Å². The van der Waals surface area contributed by atoms with E-state index < -0.39 is 17.4 Å². The first-order chi connectivity index (χ1) is 7.13. The van der Waals surface area contributed by atoms with E-state index in [2.05, 4.69) is 20.3 Å². The summed E-state index contributed by atoms with van der Waals surface area (Å²) in [6.07, 6.45) is 0. The van der Waals surface area contributed by atoms with Gasteiger partial charge in [-0.3, -0.25) is 14.9 Å². The first-order valence-corrected chi connectivity index (χ1v) is 4.17. The van der Waals surface area contributed by atoms with E-state index in [1.807, 2.05) is 0 Å². The lowest BCUT2D eigenvalue weighted by atomic mass is 10.5. The molecule has 0 aliphatic rings. The van der Waals surface area contributed by atoms with E-state index in [1.165, 1.54) is 12.1 Å². The van der Waals surface area contributed by atoms with Crippen molar-refractivity contribution in [2.24, 2.45) is 0 Å². The lowest BCUT2D eigenvalue weighted by molar-refractivity contribution is -0.152. The predicted octanol–water partition coefficient (Wildman–Crippen LogP) is -0.729. The second-order valence-corrected chi connectivity index (χ2v) is 2.48. The van der Waals surface area contributed by atoms with Crippen molar-refractivity contribution >= 4 is 17.7 Å². The smallest absolute Gasteiger partial charge is 0.397 e. The van der Waals surface area contributed by atoms with Crippen LogP contribution in [0.15, 0.2) is 16.9 Å². The third-order valence-electron chi connectivity index (χ3n) is 1.38. The summed E-state index contributed by atoms with van der Waals surface area (Å²) in [4.78, 5) is 32.6. The van der Waals surface area contributed by atoms with Crippen molar-refractivity contribution in [3.8, 4) is 0 Å². The fourth-order valence-electron chi connectivity index (χ4n) is 0.778. The second kappa shape index (κ2) is 4.89. The molecule has 0 aliphatic carbocycles. The van der Waals surface area contributed by atoms with Crippen LogP contribution >= 0.6 is 0 Å². The zero-order chi connectivity index (χ0) is 11.3. The van der Waals surface area contributed by atoms with Crippen LogP contribution in [0.1, 0.15) is 6.92 Å². The van der Waals surface area contributed by atoms with Crippen LogP contribution in [0.2, 0.25) is 0 Å². The molecule has 80 valence electrons. The Morgan fingerprint density at radius 3 is 2.80 bits per heavy atom. The Kier molecular flexibility index (Phi) is 3.55. The largest absolute Gasteiger partial charge is 0.459 e. The molecular weight excluding hydrogens is 202 g/mol. The first-order valence-electron chi connectivity index (χ1n) is 4.17. The maximum absolute atomic E-state index is 11.1. The number of aromatic nitrogens is 2. The topological polar surface area (TPSA) is 101 Å². The number of carbonyl (C=O) groups excluding carboxylic acids is 2. The molecule has 7 heteroatoms. The van der Waals surface area contributed by atoms with Crippen LogP contribution in [0.4, 0.5) is 5.82 Å². The summed E-state index contributed by atoms with van der Waals surface area (Å²) in [5, 5.41) is 7.75. The summed E-state index contributed by atoms with van der Waals surface area (Å²) in [6, 6.07) is 2.45. The van der Waals surface area contributed by atoms with Crippen LogP contribution in [0.25, 0.3) is 0 Å². The number of amides is 1. The van der Waals surface area contributed by atoms with E-state index in [0.29, 0.717) is 0 Å². The monoisotopic (exact) mass is 211 g/mol. The van der Waals surface area contributed by atoms with Gasteiger partial charge in [0.25, 0.3) is 5.56 Å². The number of aromatic amines is 1. The van der Waals surface area contributed by atoms with E-state index in [9.17, 15) is 14.4 Å². The SMILES string of the molecule is CCOC(=O)C(=O)Nc1ccc(=O)[nH]n1. The second-order valence-electron chi connectivity index (χ2n) is 2.48. The highest BCUT2D eigenvalue weighted by Gasteiger charge is 2.14.